The van der Waals surface area contributed by atoms with Gasteiger partial charge < -0.3 is 14.3 Å². The minimum atomic E-state index is -0.465. The van der Waals surface area contributed by atoms with Crippen LogP contribution in [0.15, 0.2) is 29.1 Å². The number of esters is 1. The molecule has 3 rings (SSSR count). The van der Waals surface area contributed by atoms with Gasteiger partial charge in [-0.05, 0) is 12.1 Å². The summed E-state index contributed by atoms with van der Waals surface area (Å²) in [6.45, 7) is 0.0421. The number of aromatic amines is 1. The molecule has 0 spiro atoms. The van der Waals surface area contributed by atoms with Crippen molar-refractivity contribution in [3.05, 3.63) is 45.7 Å². The molecule has 0 bridgehead atoms. The number of benzene rings is 1. The van der Waals surface area contributed by atoms with Gasteiger partial charge in [0.15, 0.2) is 0 Å². The minimum Gasteiger partial charge on any atom is -0.454 e. The molecule has 0 aliphatic rings. The Balaban J connectivity index is 1.84. The lowest BCUT2D eigenvalue weighted by molar-refractivity contribution is 0.0461. The van der Waals surface area contributed by atoms with Gasteiger partial charge >= 0.3 is 5.97 Å². The average molecular weight is 370 g/mol. The molecule has 0 fully saturated rings. The SMILES string of the molecule is Cn1c(Cl)cnc1COC(=O)c1cc(Br)cc2[nH]cnc12. The molecule has 0 radical (unpaired) electrons. The van der Waals surface area contributed by atoms with Gasteiger partial charge in [-0.1, -0.05) is 27.5 Å². The van der Waals surface area contributed by atoms with E-state index in [1.54, 1.807) is 17.7 Å². The van der Waals surface area contributed by atoms with Gasteiger partial charge in [0, 0.05) is 11.5 Å². The van der Waals surface area contributed by atoms with Crippen molar-refractivity contribution in [1.29, 1.82) is 0 Å². The topological polar surface area (TPSA) is 72.8 Å². The summed E-state index contributed by atoms with van der Waals surface area (Å²) >= 11 is 9.24. The number of carbonyl (C=O) groups excluding carboxylic acids is 1. The van der Waals surface area contributed by atoms with Crippen LogP contribution in [0.4, 0.5) is 0 Å². The highest BCUT2D eigenvalue weighted by molar-refractivity contribution is 9.10. The van der Waals surface area contributed by atoms with Crippen molar-refractivity contribution < 1.29 is 9.53 Å². The van der Waals surface area contributed by atoms with Crippen molar-refractivity contribution in [2.75, 3.05) is 0 Å². The first-order valence-electron chi connectivity index (χ1n) is 6.02. The molecule has 0 atom stereocenters. The molecular formula is C13H10BrClN4O2. The number of nitrogens with zero attached hydrogens (tertiary/aromatic N) is 3. The zero-order valence-corrected chi connectivity index (χ0v) is 13.3. The van der Waals surface area contributed by atoms with Gasteiger partial charge in [0.1, 0.15) is 23.1 Å². The van der Waals surface area contributed by atoms with Gasteiger partial charge in [-0.3, -0.25) is 0 Å². The van der Waals surface area contributed by atoms with E-state index in [1.807, 2.05) is 6.07 Å². The zero-order valence-electron chi connectivity index (χ0n) is 10.9. The molecule has 8 heteroatoms. The molecule has 1 aromatic carbocycles. The molecule has 0 aliphatic carbocycles. The third-order valence-electron chi connectivity index (χ3n) is 3.07. The van der Waals surface area contributed by atoms with Crippen LogP contribution in [0.25, 0.3) is 11.0 Å². The second kappa shape index (κ2) is 5.50. The Kier molecular flexibility index (Phi) is 3.69. The lowest BCUT2D eigenvalue weighted by atomic mass is 10.2. The van der Waals surface area contributed by atoms with Crippen LogP contribution in [0.5, 0.6) is 0 Å². The first kappa shape index (κ1) is 14.1. The van der Waals surface area contributed by atoms with Crippen LogP contribution in [-0.4, -0.2) is 25.5 Å². The Morgan fingerprint density at radius 2 is 2.29 bits per heavy atom. The summed E-state index contributed by atoms with van der Waals surface area (Å²) in [5.74, 6) is 0.106. The smallest absolute Gasteiger partial charge is 0.340 e. The van der Waals surface area contributed by atoms with Crippen molar-refractivity contribution >= 4 is 44.5 Å². The minimum absolute atomic E-state index is 0.0421. The summed E-state index contributed by atoms with van der Waals surface area (Å²) in [6, 6.07) is 3.52. The third-order valence-corrected chi connectivity index (χ3v) is 3.88. The summed E-state index contributed by atoms with van der Waals surface area (Å²) in [5.41, 5.74) is 1.72. The highest BCUT2D eigenvalue weighted by Gasteiger charge is 2.16. The van der Waals surface area contributed by atoms with Crippen molar-refractivity contribution in [2.24, 2.45) is 7.05 Å². The fourth-order valence-electron chi connectivity index (χ4n) is 1.94. The lowest BCUT2D eigenvalue weighted by Gasteiger charge is -2.06. The number of aromatic nitrogens is 4. The molecule has 0 aliphatic heterocycles. The standard InChI is InChI=1S/C13H10BrClN4O2/c1-19-10(15)4-16-11(19)5-21-13(20)8-2-7(14)3-9-12(8)18-6-17-9/h2-4,6H,5H2,1H3,(H,17,18). The zero-order chi connectivity index (χ0) is 15.0. The van der Waals surface area contributed by atoms with Gasteiger partial charge in [-0.2, -0.15) is 0 Å². The van der Waals surface area contributed by atoms with E-state index in [2.05, 4.69) is 30.9 Å². The molecule has 0 unspecified atom stereocenters. The molecule has 2 heterocycles. The number of imidazole rings is 2. The van der Waals surface area contributed by atoms with E-state index in [0.29, 0.717) is 22.1 Å². The van der Waals surface area contributed by atoms with Gasteiger partial charge in [0.2, 0.25) is 0 Å². The maximum atomic E-state index is 12.2. The fraction of sp³-hybridized carbons (Fsp3) is 0.154. The number of halogens is 2. The highest BCUT2D eigenvalue weighted by atomic mass is 79.9. The number of rotatable bonds is 3. The summed E-state index contributed by atoms with van der Waals surface area (Å²) < 4.78 is 7.71. The van der Waals surface area contributed by atoms with Gasteiger partial charge in [-0.15, -0.1) is 0 Å². The van der Waals surface area contributed by atoms with E-state index >= 15 is 0 Å². The van der Waals surface area contributed by atoms with Crippen LogP contribution in [0.1, 0.15) is 16.2 Å². The molecule has 0 amide bonds. The van der Waals surface area contributed by atoms with E-state index in [1.165, 1.54) is 12.5 Å². The van der Waals surface area contributed by atoms with E-state index in [0.717, 1.165) is 9.99 Å². The highest BCUT2D eigenvalue weighted by Crippen LogP contribution is 2.22. The van der Waals surface area contributed by atoms with Crippen LogP contribution in [-0.2, 0) is 18.4 Å². The fourth-order valence-corrected chi connectivity index (χ4v) is 2.54. The Morgan fingerprint density at radius 3 is 3.00 bits per heavy atom. The molecule has 2 aromatic heterocycles. The number of nitrogens with one attached hydrogen (secondary N) is 1. The van der Waals surface area contributed by atoms with Crippen LogP contribution in [0, 0.1) is 0 Å². The molecular weight excluding hydrogens is 360 g/mol. The number of hydrogen-bond acceptors (Lipinski definition) is 4. The van der Waals surface area contributed by atoms with Crippen molar-refractivity contribution in [3.8, 4) is 0 Å². The van der Waals surface area contributed by atoms with Gasteiger partial charge in [0.05, 0.1) is 23.6 Å². The van der Waals surface area contributed by atoms with Crippen LogP contribution >= 0.6 is 27.5 Å². The average Bonchev–Trinajstić information content (AvgIpc) is 3.04. The Hall–Kier alpha value is -1.86. The van der Waals surface area contributed by atoms with Crippen LogP contribution in [0.2, 0.25) is 5.15 Å². The molecule has 108 valence electrons. The maximum absolute atomic E-state index is 12.2. The Morgan fingerprint density at radius 1 is 1.48 bits per heavy atom. The quantitative estimate of drug-likeness (QED) is 0.720. The van der Waals surface area contributed by atoms with Crippen molar-refractivity contribution in [3.63, 3.8) is 0 Å². The third kappa shape index (κ3) is 2.66. The Labute approximate surface area is 133 Å². The van der Waals surface area contributed by atoms with E-state index in [9.17, 15) is 4.79 Å². The van der Waals surface area contributed by atoms with E-state index in [4.69, 9.17) is 16.3 Å². The number of ether oxygens (including phenoxy) is 1. The van der Waals surface area contributed by atoms with Crippen molar-refractivity contribution in [2.45, 2.75) is 6.61 Å². The van der Waals surface area contributed by atoms with Crippen LogP contribution < -0.4 is 0 Å². The summed E-state index contributed by atoms with van der Waals surface area (Å²) in [5, 5.41) is 0.484. The number of carbonyl (C=O) groups is 1. The molecule has 21 heavy (non-hydrogen) atoms. The molecule has 1 N–H and O–H groups in total. The first-order valence-corrected chi connectivity index (χ1v) is 7.19. The lowest BCUT2D eigenvalue weighted by Crippen LogP contribution is -2.09. The van der Waals surface area contributed by atoms with E-state index in [-0.39, 0.29) is 6.61 Å². The monoisotopic (exact) mass is 368 g/mol. The number of hydrogen-bond donors (Lipinski definition) is 1. The normalized spacial score (nSPS) is 11.0. The Bertz CT molecular complexity index is 827. The van der Waals surface area contributed by atoms with E-state index < -0.39 is 5.97 Å². The summed E-state index contributed by atoms with van der Waals surface area (Å²) in [6.07, 6.45) is 3.04. The second-order valence-corrected chi connectivity index (χ2v) is 5.69. The second-order valence-electron chi connectivity index (χ2n) is 4.38. The number of fused-ring (bicyclic) bond motifs is 1. The number of H-pyrrole nitrogens is 1. The van der Waals surface area contributed by atoms with Crippen molar-refractivity contribution in [1.82, 2.24) is 19.5 Å². The van der Waals surface area contributed by atoms with Gasteiger partial charge in [-0.25, -0.2) is 14.8 Å². The summed E-state index contributed by atoms with van der Waals surface area (Å²) in [7, 11) is 1.75. The predicted molar refractivity (Wildman–Crippen MR) is 81.1 cm³/mol. The molecule has 0 saturated carbocycles. The predicted octanol–water partition coefficient (Wildman–Crippen LogP) is 3.07. The largest absolute Gasteiger partial charge is 0.454 e. The molecule has 3 aromatic rings. The summed E-state index contributed by atoms with van der Waals surface area (Å²) in [4.78, 5) is 23.4. The van der Waals surface area contributed by atoms with Crippen LogP contribution in [0.3, 0.4) is 0 Å². The molecule has 6 nitrogen and oxygen atoms in total. The first-order chi connectivity index (χ1) is 10.1. The molecule has 0 saturated heterocycles. The maximum Gasteiger partial charge on any atom is 0.340 e. The van der Waals surface area contributed by atoms with Gasteiger partial charge in [0.25, 0.3) is 0 Å².